The van der Waals surface area contributed by atoms with Crippen LogP contribution in [-0.4, -0.2) is 37.9 Å². The molecular formula is C22H23NO5. The second-order valence-corrected chi connectivity index (χ2v) is 6.63. The molecule has 146 valence electrons. The summed E-state index contributed by atoms with van der Waals surface area (Å²) in [5.74, 6) is 0.116. The maximum absolute atomic E-state index is 12.3. The van der Waals surface area contributed by atoms with Gasteiger partial charge in [-0.15, -0.1) is 0 Å². The maximum atomic E-state index is 12.3. The summed E-state index contributed by atoms with van der Waals surface area (Å²) in [5, 5.41) is 0. The Bertz CT molecular complexity index is 859. The zero-order valence-corrected chi connectivity index (χ0v) is 15.8. The SMILES string of the molecule is COc1ccc(CCC(=O)OCC(=O)c2cccc(N3CCCC3=O)c2)cc1. The van der Waals surface area contributed by atoms with Gasteiger partial charge in [0.1, 0.15) is 5.75 Å². The largest absolute Gasteiger partial charge is 0.497 e. The molecule has 1 heterocycles. The lowest BCUT2D eigenvalue weighted by Crippen LogP contribution is -2.24. The van der Waals surface area contributed by atoms with E-state index in [0.29, 0.717) is 30.6 Å². The Hall–Kier alpha value is -3.15. The van der Waals surface area contributed by atoms with Crippen LogP contribution in [-0.2, 0) is 20.7 Å². The molecule has 0 N–H and O–H groups in total. The van der Waals surface area contributed by atoms with Gasteiger partial charge in [-0.05, 0) is 42.7 Å². The van der Waals surface area contributed by atoms with Crippen LogP contribution in [0.3, 0.4) is 0 Å². The number of nitrogens with zero attached hydrogens (tertiary/aromatic N) is 1. The van der Waals surface area contributed by atoms with Gasteiger partial charge in [-0.3, -0.25) is 14.4 Å². The molecule has 0 atom stereocenters. The van der Waals surface area contributed by atoms with Crippen molar-refractivity contribution in [2.45, 2.75) is 25.7 Å². The summed E-state index contributed by atoms with van der Waals surface area (Å²) in [6.07, 6.45) is 2.08. The van der Waals surface area contributed by atoms with Gasteiger partial charge in [-0.2, -0.15) is 0 Å². The number of Topliss-reactive ketones (excluding diaryl/α,β-unsaturated/α-hetero) is 1. The first-order valence-corrected chi connectivity index (χ1v) is 9.29. The molecule has 0 bridgehead atoms. The number of ketones is 1. The zero-order valence-electron chi connectivity index (χ0n) is 15.8. The van der Waals surface area contributed by atoms with E-state index in [1.54, 1.807) is 36.3 Å². The first-order valence-electron chi connectivity index (χ1n) is 9.29. The molecule has 28 heavy (non-hydrogen) atoms. The Morgan fingerprint density at radius 2 is 1.89 bits per heavy atom. The minimum atomic E-state index is -0.421. The number of rotatable bonds is 8. The van der Waals surface area contributed by atoms with E-state index >= 15 is 0 Å². The van der Waals surface area contributed by atoms with Gasteiger partial charge < -0.3 is 14.4 Å². The third kappa shape index (κ3) is 4.97. The van der Waals surface area contributed by atoms with Crippen LogP contribution in [0.4, 0.5) is 5.69 Å². The summed E-state index contributed by atoms with van der Waals surface area (Å²) < 4.78 is 10.2. The van der Waals surface area contributed by atoms with Crippen LogP contribution in [0.15, 0.2) is 48.5 Å². The quantitative estimate of drug-likeness (QED) is 0.519. The van der Waals surface area contributed by atoms with Gasteiger partial charge in [0.05, 0.1) is 7.11 Å². The predicted molar refractivity (Wildman–Crippen MR) is 105 cm³/mol. The summed E-state index contributed by atoms with van der Waals surface area (Å²) in [6, 6.07) is 14.3. The smallest absolute Gasteiger partial charge is 0.306 e. The third-order valence-corrected chi connectivity index (χ3v) is 4.69. The van der Waals surface area contributed by atoms with E-state index in [4.69, 9.17) is 9.47 Å². The second-order valence-electron chi connectivity index (χ2n) is 6.63. The number of hydrogen-bond acceptors (Lipinski definition) is 5. The average molecular weight is 381 g/mol. The molecule has 1 aliphatic heterocycles. The molecule has 0 unspecified atom stereocenters. The standard InChI is InChI=1S/C22H23NO5/c1-27-19-10-7-16(8-11-19)9-12-22(26)28-15-20(24)17-4-2-5-18(14-17)23-13-3-6-21(23)25/h2,4-5,7-8,10-11,14H,3,6,9,12-13,15H2,1H3. The van der Waals surface area contributed by atoms with E-state index in [-0.39, 0.29) is 24.7 Å². The molecule has 0 aromatic heterocycles. The number of aryl methyl sites for hydroxylation is 1. The molecule has 3 rings (SSSR count). The number of ether oxygens (including phenoxy) is 2. The number of benzene rings is 2. The average Bonchev–Trinajstić information content (AvgIpc) is 3.16. The van der Waals surface area contributed by atoms with E-state index in [2.05, 4.69) is 0 Å². The Morgan fingerprint density at radius 3 is 2.57 bits per heavy atom. The van der Waals surface area contributed by atoms with Crippen LogP contribution in [0.1, 0.15) is 35.2 Å². The number of carbonyl (C=O) groups excluding carboxylic acids is 3. The van der Waals surface area contributed by atoms with Crippen LogP contribution < -0.4 is 9.64 Å². The van der Waals surface area contributed by atoms with E-state index in [0.717, 1.165) is 17.7 Å². The molecule has 1 fully saturated rings. The number of anilines is 1. The minimum absolute atomic E-state index is 0.0644. The fraction of sp³-hybridized carbons (Fsp3) is 0.318. The Labute approximate surface area is 164 Å². The summed E-state index contributed by atoms with van der Waals surface area (Å²) in [6.45, 7) is 0.357. The highest BCUT2D eigenvalue weighted by Gasteiger charge is 2.22. The molecule has 1 amide bonds. The molecule has 1 aliphatic rings. The monoisotopic (exact) mass is 381 g/mol. The number of carbonyl (C=O) groups is 3. The molecule has 0 aliphatic carbocycles. The first-order chi connectivity index (χ1) is 13.6. The molecule has 6 nitrogen and oxygen atoms in total. The normalized spacial score (nSPS) is 13.5. The van der Waals surface area contributed by atoms with Gasteiger partial charge in [0, 0.05) is 30.6 Å². The van der Waals surface area contributed by atoms with Crippen LogP contribution in [0.5, 0.6) is 5.75 Å². The lowest BCUT2D eigenvalue weighted by Gasteiger charge is -2.16. The van der Waals surface area contributed by atoms with E-state index in [1.807, 2.05) is 24.3 Å². The first kappa shape index (κ1) is 19.6. The van der Waals surface area contributed by atoms with Crippen molar-refractivity contribution in [1.82, 2.24) is 0 Å². The summed E-state index contributed by atoms with van der Waals surface area (Å²) in [5.41, 5.74) is 2.13. The number of esters is 1. The zero-order chi connectivity index (χ0) is 19.9. The van der Waals surface area contributed by atoms with Crippen LogP contribution in [0, 0.1) is 0 Å². The molecule has 6 heteroatoms. The van der Waals surface area contributed by atoms with Crippen molar-refractivity contribution in [2.24, 2.45) is 0 Å². The van der Waals surface area contributed by atoms with Crippen LogP contribution >= 0.6 is 0 Å². The van der Waals surface area contributed by atoms with Crippen molar-refractivity contribution >= 4 is 23.3 Å². The van der Waals surface area contributed by atoms with Crippen molar-refractivity contribution in [3.05, 3.63) is 59.7 Å². The van der Waals surface area contributed by atoms with Gasteiger partial charge in [0.15, 0.2) is 12.4 Å². The Kier molecular flexibility index (Phi) is 6.42. The van der Waals surface area contributed by atoms with E-state index in [1.165, 1.54) is 0 Å². The Morgan fingerprint density at radius 1 is 1.11 bits per heavy atom. The second kappa shape index (κ2) is 9.17. The predicted octanol–water partition coefficient (Wildman–Crippen LogP) is 3.18. The molecule has 1 saturated heterocycles. The molecular weight excluding hydrogens is 358 g/mol. The lowest BCUT2D eigenvalue weighted by molar-refractivity contribution is -0.142. The lowest BCUT2D eigenvalue weighted by atomic mass is 10.1. The van der Waals surface area contributed by atoms with E-state index < -0.39 is 5.97 Å². The fourth-order valence-electron chi connectivity index (χ4n) is 3.11. The highest BCUT2D eigenvalue weighted by Crippen LogP contribution is 2.22. The van der Waals surface area contributed by atoms with Crippen molar-refractivity contribution in [3.8, 4) is 5.75 Å². The third-order valence-electron chi connectivity index (χ3n) is 4.69. The van der Waals surface area contributed by atoms with Crippen molar-refractivity contribution in [2.75, 3.05) is 25.2 Å². The highest BCUT2D eigenvalue weighted by atomic mass is 16.5. The summed E-state index contributed by atoms with van der Waals surface area (Å²) in [7, 11) is 1.60. The summed E-state index contributed by atoms with van der Waals surface area (Å²) >= 11 is 0. The molecule has 0 spiro atoms. The Balaban J connectivity index is 1.49. The topological polar surface area (TPSA) is 72.9 Å². The van der Waals surface area contributed by atoms with Crippen molar-refractivity contribution in [3.63, 3.8) is 0 Å². The summed E-state index contributed by atoms with van der Waals surface area (Å²) in [4.78, 5) is 37.8. The highest BCUT2D eigenvalue weighted by molar-refractivity contribution is 6.01. The van der Waals surface area contributed by atoms with Gasteiger partial charge in [0.2, 0.25) is 5.91 Å². The van der Waals surface area contributed by atoms with Crippen molar-refractivity contribution in [1.29, 1.82) is 0 Å². The minimum Gasteiger partial charge on any atom is -0.497 e. The van der Waals surface area contributed by atoms with E-state index in [9.17, 15) is 14.4 Å². The van der Waals surface area contributed by atoms with Crippen molar-refractivity contribution < 1.29 is 23.9 Å². The van der Waals surface area contributed by atoms with Crippen LogP contribution in [0.25, 0.3) is 0 Å². The number of hydrogen-bond donors (Lipinski definition) is 0. The molecule has 2 aromatic carbocycles. The number of amides is 1. The number of methoxy groups -OCH3 is 1. The molecule has 0 saturated carbocycles. The van der Waals surface area contributed by atoms with Crippen LogP contribution in [0.2, 0.25) is 0 Å². The maximum Gasteiger partial charge on any atom is 0.306 e. The van der Waals surface area contributed by atoms with Gasteiger partial charge >= 0.3 is 5.97 Å². The molecule has 2 aromatic rings. The molecule has 0 radical (unpaired) electrons. The fourth-order valence-corrected chi connectivity index (χ4v) is 3.11. The van der Waals surface area contributed by atoms with Gasteiger partial charge in [-0.1, -0.05) is 24.3 Å². The van der Waals surface area contributed by atoms with Gasteiger partial charge in [-0.25, -0.2) is 0 Å². The van der Waals surface area contributed by atoms with Gasteiger partial charge in [0.25, 0.3) is 0 Å².